The molecule has 0 fully saturated rings. The first-order chi connectivity index (χ1) is 5.22. The van der Waals surface area contributed by atoms with Gasteiger partial charge >= 0.3 is 0 Å². The normalized spacial score (nSPS) is 12.4. The van der Waals surface area contributed by atoms with Gasteiger partial charge in [0, 0.05) is 12.1 Å². The van der Waals surface area contributed by atoms with Crippen LogP contribution in [0.25, 0.3) is 0 Å². The van der Waals surface area contributed by atoms with Gasteiger partial charge in [-0.25, -0.2) is 0 Å². The van der Waals surface area contributed by atoms with Gasteiger partial charge in [-0.05, 0) is 14.0 Å². The van der Waals surface area contributed by atoms with Crippen LogP contribution < -0.4 is 11.1 Å². The lowest BCUT2D eigenvalue weighted by Crippen LogP contribution is -2.12. The van der Waals surface area contributed by atoms with Crippen LogP contribution in [0, 0.1) is 0 Å². The highest BCUT2D eigenvalue weighted by molar-refractivity contribution is 5.94. The second-order valence-electron chi connectivity index (χ2n) is 2.07. The predicted molar refractivity (Wildman–Crippen MR) is 46.0 cm³/mol. The number of carbonyl (C=O) groups excluding carboxylic acids is 1. The summed E-state index contributed by atoms with van der Waals surface area (Å²) in [6, 6.07) is 0. The summed E-state index contributed by atoms with van der Waals surface area (Å²) in [5.41, 5.74) is 5.59. The minimum Gasteiger partial charge on any atom is -0.366 e. The third-order valence-corrected chi connectivity index (χ3v) is 1.21. The Balaban J connectivity index is 4.00. The van der Waals surface area contributed by atoms with Crippen molar-refractivity contribution in [3.63, 3.8) is 0 Å². The SMILES string of the molecule is C/C=C(\C=C/CNC)C(N)=O. The average Bonchev–Trinajstić information content (AvgIpc) is 1.97. The van der Waals surface area contributed by atoms with Gasteiger partial charge in [-0.1, -0.05) is 18.2 Å². The van der Waals surface area contributed by atoms with Gasteiger partial charge in [0.2, 0.25) is 5.91 Å². The molecular formula is C8H14N2O. The van der Waals surface area contributed by atoms with Crippen LogP contribution in [-0.4, -0.2) is 19.5 Å². The average molecular weight is 154 g/mol. The fraction of sp³-hybridized carbons (Fsp3) is 0.375. The van der Waals surface area contributed by atoms with Crippen molar-refractivity contribution in [1.29, 1.82) is 0 Å². The van der Waals surface area contributed by atoms with Crippen LogP contribution in [0.5, 0.6) is 0 Å². The number of nitrogens with two attached hydrogens (primary N) is 1. The van der Waals surface area contributed by atoms with Gasteiger partial charge in [0.1, 0.15) is 0 Å². The van der Waals surface area contributed by atoms with Crippen molar-refractivity contribution in [3.8, 4) is 0 Å². The highest BCUT2D eigenvalue weighted by Gasteiger charge is 1.95. The zero-order valence-electron chi connectivity index (χ0n) is 6.92. The number of carbonyl (C=O) groups is 1. The van der Waals surface area contributed by atoms with E-state index in [0.29, 0.717) is 5.57 Å². The molecule has 0 aliphatic heterocycles. The Morgan fingerprint density at radius 1 is 1.64 bits per heavy atom. The van der Waals surface area contributed by atoms with Gasteiger partial charge in [0.05, 0.1) is 0 Å². The van der Waals surface area contributed by atoms with E-state index in [1.807, 2.05) is 13.1 Å². The Kier molecular flexibility index (Phi) is 5.11. The smallest absolute Gasteiger partial charge is 0.248 e. The van der Waals surface area contributed by atoms with E-state index in [1.54, 1.807) is 19.1 Å². The Labute approximate surface area is 67.0 Å². The van der Waals surface area contributed by atoms with Crippen molar-refractivity contribution < 1.29 is 4.79 Å². The monoisotopic (exact) mass is 154 g/mol. The number of amides is 1. The van der Waals surface area contributed by atoms with Gasteiger partial charge in [0.25, 0.3) is 0 Å². The van der Waals surface area contributed by atoms with Gasteiger partial charge < -0.3 is 11.1 Å². The number of allylic oxidation sites excluding steroid dienone is 1. The quantitative estimate of drug-likeness (QED) is 0.448. The van der Waals surface area contributed by atoms with E-state index >= 15 is 0 Å². The Bertz CT molecular complexity index is 183. The summed E-state index contributed by atoms with van der Waals surface area (Å²) >= 11 is 0. The number of likely N-dealkylation sites (N-methyl/N-ethyl adjacent to an activating group) is 1. The largest absolute Gasteiger partial charge is 0.366 e. The van der Waals surface area contributed by atoms with Gasteiger partial charge in [-0.15, -0.1) is 0 Å². The van der Waals surface area contributed by atoms with Gasteiger partial charge in [-0.2, -0.15) is 0 Å². The molecule has 62 valence electrons. The number of nitrogens with one attached hydrogen (secondary N) is 1. The molecule has 0 aromatic rings. The first kappa shape index (κ1) is 9.91. The molecule has 0 atom stereocenters. The number of primary amides is 1. The summed E-state index contributed by atoms with van der Waals surface area (Å²) in [7, 11) is 1.84. The highest BCUT2D eigenvalue weighted by Crippen LogP contribution is 1.93. The zero-order valence-corrected chi connectivity index (χ0v) is 6.92. The van der Waals surface area contributed by atoms with Crippen LogP contribution in [0.15, 0.2) is 23.8 Å². The summed E-state index contributed by atoms with van der Waals surface area (Å²) in [4.78, 5) is 10.6. The molecule has 3 heteroatoms. The van der Waals surface area contributed by atoms with Crippen LogP contribution in [-0.2, 0) is 4.79 Å². The molecule has 3 nitrogen and oxygen atoms in total. The summed E-state index contributed by atoms with van der Waals surface area (Å²) in [5, 5.41) is 2.92. The first-order valence-corrected chi connectivity index (χ1v) is 3.49. The Morgan fingerprint density at radius 3 is 2.64 bits per heavy atom. The first-order valence-electron chi connectivity index (χ1n) is 3.49. The van der Waals surface area contributed by atoms with Crippen LogP contribution in [0.1, 0.15) is 6.92 Å². The van der Waals surface area contributed by atoms with Crippen molar-refractivity contribution in [2.45, 2.75) is 6.92 Å². The second-order valence-corrected chi connectivity index (χ2v) is 2.07. The molecule has 3 N–H and O–H groups in total. The molecule has 0 aromatic heterocycles. The molecule has 1 amide bonds. The lowest BCUT2D eigenvalue weighted by Gasteiger charge is -1.92. The van der Waals surface area contributed by atoms with Crippen molar-refractivity contribution in [2.24, 2.45) is 5.73 Å². The zero-order chi connectivity index (χ0) is 8.69. The summed E-state index contributed by atoms with van der Waals surface area (Å²) in [6.07, 6.45) is 5.24. The summed E-state index contributed by atoms with van der Waals surface area (Å²) in [5.74, 6) is -0.389. The summed E-state index contributed by atoms with van der Waals surface area (Å²) < 4.78 is 0. The molecule has 0 unspecified atom stereocenters. The number of hydrogen-bond donors (Lipinski definition) is 2. The van der Waals surface area contributed by atoms with Gasteiger partial charge in [0.15, 0.2) is 0 Å². The maximum atomic E-state index is 10.6. The van der Waals surface area contributed by atoms with Crippen molar-refractivity contribution in [2.75, 3.05) is 13.6 Å². The van der Waals surface area contributed by atoms with Crippen LogP contribution >= 0.6 is 0 Å². The maximum absolute atomic E-state index is 10.6. The highest BCUT2D eigenvalue weighted by atomic mass is 16.1. The lowest BCUT2D eigenvalue weighted by molar-refractivity contribution is -0.114. The van der Waals surface area contributed by atoms with E-state index in [1.165, 1.54) is 0 Å². The lowest BCUT2D eigenvalue weighted by atomic mass is 10.2. The third-order valence-electron chi connectivity index (χ3n) is 1.21. The molecule has 0 radical (unpaired) electrons. The van der Waals surface area contributed by atoms with Crippen molar-refractivity contribution in [3.05, 3.63) is 23.8 Å². The minimum absolute atomic E-state index is 0.389. The fourth-order valence-corrected chi connectivity index (χ4v) is 0.624. The minimum atomic E-state index is -0.389. The van der Waals surface area contributed by atoms with E-state index < -0.39 is 0 Å². The third kappa shape index (κ3) is 4.33. The number of rotatable bonds is 4. The van der Waals surface area contributed by atoms with E-state index in [0.717, 1.165) is 6.54 Å². The van der Waals surface area contributed by atoms with Crippen LogP contribution in [0.2, 0.25) is 0 Å². The van der Waals surface area contributed by atoms with E-state index in [2.05, 4.69) is 5.32 Å². The van der Waals surface area contributed by atoms with Crippen molar-refractivity contribution in [1.82, 2.24) is 5.32 Å². The Morgan fingerprint density at radius 2 is 2.27 bits per heavy atom. The number of hydrogen-bond acceptors (Lipinski definition) is 2. The fourth-order valence-electron chi connectivity index (χ4n) is 0.624. The molecule has 0 rings (SSSR count). The molecule has 0 aromatic carbocycles. The molecule has 0 saturated carbocycles. The van der Waals surface area contributed by atoms with E-state index in [9.17, 15) is 4.79 Å². The van der Waals surface area contributed by atoms with E-state index in [4.69, 9.17) is 5.73 Å². The predicted octanol–water partition coefficient (Wildman–Crippen LogP) is 0.194. The summed E-state index contributed by atoms with van der Waals surface area (Å²) in [6.45, 7) is 2.52. The molecule has 0 bridgehead atoms. The Hall–Kier alpha value is -1.09. The van der Waals surface area contributed by atoms with Crippen molar-refractivity contribution >= 4 is 5.91 Å². The molecule has 0 spiro atoms. The second kappa shape index (κ2) is 5.68. The topological polar surface area (TPSA) is 55.1 Å². The molecule has 0 aliphatic rings. The van der Waals surface area contributed by atoms with Crippen LogP contribution in [0.4, 0.5) is 0 Å². The molecule has 0 aliphatic carbocycles. The standard InChI is InChI=1S/C8H14N2O/c1-3-7(8(9)11)5-4-6-10-2/h3-5,10H,6H2,1-2H3,(H2,9,11)/b5-4-,7-3+. The van der Waals surface area contributed by atoms with Gasteiger partial charge in [-0.3, -0.25) is 4.79 Å². The maximum Gasteiger partial charge on any atom is 0.248 e. The molecular weight excluding hydrogens is 140 g/mol. The molecule has 0 heterocycles. The van der Waals surface area contributed by atoms with Crippen LogP contribution in [0.3, 0.4) is 0 Å². The molecule has 11 heavy (non-hydrogen) atoms. The van der Waals surface area contributed by atoms with E-state index in [-0.39, 0.29) is 5.91 Å². The molecule has 0 saturated heterocycles.